The quantitative estimate of drug-likeness (QED) is 0.199. The van der Waals surface area contributed by atoms with Crippen LogP contribution >= 0.6 is 35.0 Å². The number of hydrogen-bond acceptors (Lipinski definition) is 9. The average molecular weight is 514 g/mol. The first-order chi connectivity index (χ1) is 15.6. The fraction of sp³-hybridized carbons (Fsp3) is 0.500. The molecule has 2 aromatic rings. The van der Waals surface area contributed by atoms with Gasteiger partial charge in [0.1, 0.15) is 5.60 Å². The van der Waals surface area contributed by atoms with Gasteiger partial charge in [-0.1, -0.05) is 35.0 Å². The Hall–Kier alpha value is -2.10. The van der Waals surface area contributed by atoms with Crippen LogP contribution in [0, 0.1) is 0 Å². The standard InChI is InChI=1S/C22H25Cl2N3O5S/c1-22(2,3)32-19(29)8-7-18(28)30-12-31-20-13-5-4-6-17(13)26-21(27-20)33-11-14-15(23)9-25-10-16(14)24/h9-10H,4-8,11-12H2,1-3H3. The number of halogens is 2. The lowest BCUT2D eigenvalue weighted by molar-refractivity contribution is -0.160. The van der Waals surface area contributed by atoms with Crippen LogP contribution in [0.4, 0.5) is 0 Å². The molecule has 0 bridgehead atoms. The van der Waals surface area contributed by atoms with Crippen molar-refractivity contribution in [2.24, 2.45) is 0 Å². The summed E-state index contributed by atoms with van der Waals surface area (Å²) in [6.07, 6.45) is 5.51. The molecule has 0 aromatic carbocycles. The van der Waals surface area contributed by atoms with Crippen molar-refractivity contribution in [3.8, 4) is 5.88 Å². The van der Waals surface area contributed by atoms with Crippen molar-refractivity contribution in [3.63, 3.8) is 0 Å². The summed E-state index contributed by atoms with van der Waals surface area (Å²) in [4.78, 5) is 36.7. The van der Waals surface area contributed by atoms with Gasteiger partial charge in [0, 0.05) is 29.3 Å². The maximum Gasteiger partial charge on any atom is 0.309 e. The Morgan fingerprint density at radius 2 is 1.76 bits per heavy atom. The van der Waals surface area contributed by atoms with E-state index in [1.54, 1.807) is 33.2 Å². The number of aromatic nitrogens is 3. The Morgan fingerprint density at radius 3 is 2.45 bits per heavy atom. The molecule has 0 radical (unpaired) electrons. The van der Waals surface area contributed by atoms with E-state index < -0.39 is 17.5 Å². The average Bonchev–Trinajstić information content (AvgIpc) is 3.19. The van der Waals surface area contributed by atoms with Crippen molar-refractivity contribution < 1.29 is 23.8 Å². The topological polar surface area (TPSA) is 101 Å². The molecule has 0 saturated heterocycles. The molecule has 1 aliphatic carbocycles. The van der Waals surface area contributed by atoms with Gasteiger partial charge < -0.3 is 14.2 Å². The van der Waals surface area contributed by atoms with Crippen LogP contribution in [0.3, 0.4) is 0 Å². The van der Waals surface area contributed by atoms with E-state index in [-0.39, 0.29) is 19.6 Å². The third kappa shape index (κ3) is 7.72. The minimum absolute atomic E-state index is 0.0556. The Labute approximate surface area is 206 Å². The third-order valence-electron chi connectivity index (χ3n) is 4.54. The molecular formula is C22H25Cl2N3O5S. The number of pyridine rings is 1. The van der Waals surface area contributed by atoms with E-state index in [9.17, 15) is 9.59 Å². The highest BCUT2D eigenvalue weighted by Crippen LogP contribution is 2.33. The molecule has 0 spiro atoms. The van der Waals surface area contributed by atoms with Crippen LogP contribution in [-0.2, 0) is 37.7 Å². The Balaban J connectivity index is 1.55. The molecule has 2 heterocycles. The summed E-state index contributed by atoms with van der Waals surface area (Å²) in [5.41, 5.74) is 2.00. The van der Waals surface area contributed by atoms with E-state index in [4.69, 9.17) is 37.4 Å². The van der Waals surface area contributed by atoms with Crippen LogP contribution in [0.25, 0.3) is 0 Å². The zero-order valence-corrected chi connectivity index (χ0v) is 21.0. The minimum atomic E-state index is -0.596. The van der Waals surface area contributed by atoms with Gasteiger partial charge in [-0.05, 0) is 40.0 Å². The van der Waals surface area contributed by atoms with E-state index in [1.807, 2.05) is 0 Å². The minimum Gasteiger partial charge on any atom is -0.460 e. The number of hydrogen-bond donors (Lipinski definition) is 0. The van der Waals surface area contributed by atoms with E-state index in [2.05, 4.69) is 15.0 Å². The second kappa shape index (κ2) is 11.4. The molecule has 0 saturated carbocycles. The van der Waals surface area contributed by atoms with Crippen molar-refractivity contribution in [2.75, 3.05) is 6.79 Å². The summed E-state index contributed by atoms with van der Waals surface area (Å²) in [5, 5.41) is 1.47. The highest BCUT2D eigenvalue weighted by atomic mass is 35.5. The van der Waals surface area contributed by atoms with Gasteiger partial charge in [-0.15, -0.1) is 0 Å². The highest BCUT2D eigenvalue weighted by molar-refractivity contribution is 7.98. The second-order valence-electron chi connectivity index (χ2n) is 8.33. The van der Waals surface area contributed by atoms with Crippen molar-refractivity contribution in [1.82, 2.24) is 15.0 Å². The highest BCUT2D eigenvalue weighted by Gasteiger charge is 2.22. The fourth-order valence-corrected chi connectivity index (χ4v) is 4.66. The van der Waals surface area contributed by atoms with Gasteiger partial charge in [-0.3, -0.25) is 14.6 Å². The first-order valence-corrected chi connectivity index (χ1v) is 12.2. The predicted molar refractivity (Wildman–Crippen MR) is 125 cm³/mol. The molecule has 33 heavy (non-hydrogen) atoms. The number of fused-ring (bicyclic) bond motifs is 1. The summed E-state index contributed by atoms with van der Waals surface area (Å²) in [6, 6.07) is 0. The van der Waals surface area contributed by atoms with Gasteiger partial charge >= 0.3 is 11.9 Å². The van der Waals surface area contributed by atoms with Gasteiger partial charge in [-0.25, -0.2) is 4.98 Å². The number of aryl methyl sites for hydroxylation is 1. The van der Waals surface area contributed by atoms with E-state index >= 15 is 0 Å². The number of ether oxygens (including phenoxy) is 3. The van der Waals surface area contributed by atoms with Crippen molar-refractivity contribution in [3.05, 3.63) is 39.3 Å². The third-order valence-corrected chi connectivity index (χ3v) is 6.07. The number of rotatable bonds is 9. The first-order valence-electron chi connectivity index (χ1n) is 10.4. The van der Waals surface area contributed by atoms with E-state index in [0.29, 0.717) is 26.8 Å². The second-order valence-corrected chi connectivity index (χ2v) is 10.1. The van der Waals surface area contributed by atoms with Gasteiger partial charge in [0.25, 0.3) is 0 Å². The monoisotopic (exact) mass is 513 g/mol. The Bertz CT molecular complexity index is 1010. The molecule has 8 nitrogen and oxygen atoms in total. The molecule has 0 amide bonds. The first kappa shape index (κ1) is 25.5. The summed E-state index contributed by atoms with van der Waals surface area (Å²) in [6.45, 7) is 5.00. The van der Waals surface area contributed by atoms with Crippen LogP contribution in [-0.4, -0.2) is 39.3 Å². The summed E-state index contributed by atoms with van der Waals surface area (Å²) in [5.74, 6) is -0.141. The van der Waals surface area contributed by atoms with Gasteiger partial charge in [0.15, 0.2) is 5.16 Å². The lowest BCUT2D eigenvalue weighted by Crippen LogP contribution is -2.24. The van der Waals surface area contributed by atoms with Crippen LogP contribution in [0.2, 0.25) is 10.0 Å². The fourth-order valence-electron chi connectivity index (χ4n) is 3.09. The normalized spacial score (nSPS) is 12.9. The van der Waals surface area contributed by atoms with E-state index in [1.165, 1.54) is 11.8 Å². The molecule has 2 aromatic heterocycles. The van der Waals surface area contributed by atoms with Crippen molar-refractivity contribution >= 4 is 46.9 Å². The molecule has 11 heteroatoms. The molecule has 0 atom stereocenters. The number of thioether (sulfide) groups is 1. The molecule has 0 N–H and O–H groups in total. The predicted octanol–water partition coefficient (Wildman–Crippen LogP) is 4.96. The van der Waals surface area contributed by atoms with Crippen LogP contribution in [0.1, 0.15) is 56.9 Å². The Kier molecular flexibility index (Phi) is 8.78. The molecule has 0 aliphatic heterocycles. The van der Waals surface area contributed by atoms with Crippen LogP contribution in [0.5, 0.6) is 5.88 Å². The summed E-state index contributed by atoms with van der Waals surface area (Å²) < 4.78 is 15.9. The zero-order chi connectivity index (χ0) is 24.0. The SMILES string of the molecule is CC(C)(C)OC(=O)CCC(=O)OCOc1nc(SCc2c(Cl)cncc2Cl)nc2c1CCC2. The zero-order valence-electron chi connectivity index (χ0n) is 18.7. The summed E-state index contributed by atoms with van der Waals surface area (Å²) >= 11 is 13.8. The largest absolute Gasteiger partial charge is 0.460 e. The van der Waals surface area contributed by atoms with Gasteiger partial charge in [-0.2, -0.15) is 4.98 Å². The summed E-state index contributed by atoms with van der Waals surface area (Å²) in [7, 11) is 0. The number of carbonyl (C=O) groups is 2. The van der Waals surface area contributed by atoms with Gasteiger partial charge in [0.05, 0.1) is 28.6 Å². The molecule has 0 unspecified atom stereocenters. The van der Waals surface area contributed by atoms with Crippen molar-refractivity contribution in [2.45, 2.75) is 69.4 Å². The maximum atomic E-state index is 12.0. The molecular weight excluding hydrogens is 489 g/mol. The molecule has 3 rings (SSSR count). The Morgan fingerprint density at radius 1 is 1.06 bits per heavy atom. The molecule has 0 fully saturated rings. The number of carbonyl (C=O) groups excluding carboxylic acids is 2. The lowest BCUT2D eigenvalue weighted by atomic mass is 10.2. The van der Waals surface area contributed by atoms with E-state index in [0.717, 1.165) is 36.1 Å². The van der Waals surface area contributed by atoms with Crippen LogP contribution in [0.15, 0.2) is 17.6 Å². The molecule has 1 aliphatic rings. The van der Waals surface area contributed by atoms with Crippen LogP contribution < -0.4 is 4.74 Å². The number of nitrogens with zero attached hydrogens (tertiary/aromatic N) is 3. The lowest BCUT2D eigenvalue weighted by Gasteiger charge is -2.19. The number of esters is 2. The maximum absolute atomic E-state index is 12.0. The van der Waals surface area contributed by atoms with Crippen molar-refractivity contribution in [1.29, 1.82) is 0 Å². The van der Waals surface area contributed by atoms with Gasteiger partial charge in [0.2, 0.25) is 12.7 Å². The molecule has 178 valence electrons. The smallest absolute Gasteiger partial charge is 0.309 e.